The standard InChI is InChI=1S/C25H28FN5O4S/c1-14(2)15-6-10-18(11-7-15)31(25(34)22-19(27)20(23(28)32)30-36-22)21(24(33)29-12-13-35-3)16-4-8-17(26)9-5-16/h4-11,14,21H,12-13,27H2,1-3H3,(H2,28,32)(H,29,33)/t21-/m1/s1. The number of benzene rings is 2. The summed E-state index contributed by atoms with van der Waals surface area (Å²) in [6, 6.07) is 11.2. The first-order chi connectivity index (χ1) is 17.1. The summed E-state index contributed by atoms with van der Waals surface area (Å²) in [5.74, 6) is -2.30. The summed E-state index contributed by atoms with van der Waals surface area (Å²) in [5, 5.41) is 2.75. The Labute approximate surface area is 212 Å². The van der Waals surface area contributed by atoms with Crippen LogP contribution in [0.2, 0.25) is 0 Å². The number of amides is 3. The third-order valence-corrected chi connectivity index (χ3v) is 6.36. The van der Waals surface area contributed by atoms with E-state index in [0.717, 1.165) is 5.56 Å². The van der Waals surface area contributed by atoms with Crippen LogP contribution in [0.3, 0.4) is 0 Å². The molecule has 190 valence electrons. The second kappa shape index (κ2) is 11.7. The maximum atomic E-state index is 13.9. The predicted octanol–water partition coefficient (Wildman–Crippen LogP) is 3.24. The second-order valence-corrected chi connectivity index (χ2v) is 9.07. The van der Waals surface area contributed by atoms with Gasteiger partial charge in [0.1, 0.15) is 16.7 Å². The molecule has 11 heteroatoms. The van der Waals surface area contributed by atoms with Crippen LogP contribution >= 0.6 is 11.5 Å². The molecule has 0 unspecified atom stereocenters. The number of hydrogen-bond acceptors (Lipinski definition) is 7. The van der Waals surface area contributed by atoms with E-state index in [9.17, 15) is 18.8 Å². The Morgan fingerprint density at radius 2 is 1.69 bits per heavy atom. The van der Waals surface area contributed by atoms with Crippen molar-refractivity contribution in [2.45, 2.75) is 25.8 Å². The Hall–Kier alpha value is -3.83. The second-order valence-electron chi connectivity index (χ2n) is 8.30. The number of nitrogens with two attached hydrogens (primary N) is 2. The van der Waals surface area contributed by atoms with Gasteiger partial charge in [0.05, 0.1) is 12.3 Å². The number of ether oxygens (including phenoxy) is 1. The lowest BCUT2D eigenvalue weighted by Crippen LogP contribution is -2.44. The normalized spacial score (nSPS) is 11.8. The first-order valence-corrected chi connectivity index (χ1v) is 11.9. The van der Waals surface area contributed by atoms with Crippen molar-refractivity contribution >= 4 is 40.6 Å². The van der Waals surface area contributed by atoms with Gasteiger partial charge in [0, 0.05) is 19.3 Å². The highest BCUT2D eigenvalue weighted by atomic mass is 32.1. The molecule has 3 rings (SSSR count). The monoisotopic (exact) mass is 513 g/mol. The van der Waals surface area contributed by atoms with Crippen LogP contribution in [-0.4, -0.2) is 42.4 Å². The molecule has 0 aliphatic carbocycles. The Kier molecular flexibility index (Phi) is 8.73. The highest BCUT2D eigenvalue weighted by Gasteiger charge is 2.36. The number of carbonyl (C=O) groups excluding carboxylic acids is 3. The summed E-state index contributed by atoms with van der Waals surface area (Å²) < 4.78 is 22.7. The van der Waals surface area contributed by atoms with Crippen LogP contribution in [0.15, 0.2) is 48.5 Å². The van der Waals surface area contributed by atoms with Crippen LogP contribution in [0.4, 0.5) is 15.8 Å². The van der Waals surface area contributed by atoms with Gasteiger partial charge in [-0.1, -0.05) is 38.1 Å². The lowest BCUT2D eigenvalue weighted by molar-refractivity contribution is -0.122. The van der Waals surface area contributed by atoms with E-state index in [-0.39, 0.29) is 35.3 Å². The van der Waals surface area contributed by atoms with Crippen LogP contribution in [0.1, 0.15) is 57.1 Å². The van der Waals surface area contributed by atoms with Crippen molar-refractivity contribution in [3.8, 4) is 0 Å². The molecule has 9 nitrogen and oxygen atoms in total. The quantitative estimate of drug-likeness (QED) is 0.356. The largest absolute Gasteiger partial charge is 0.395 e. The van der Waals surface area contributed by atoms with Crippen LogP contribution in [-0.2, 0) is 9.53 Å². The van der Waals surface area contributed by atoms with Crippen LogP contribution < -0.4 is 21.7 Å². The number of aromatic nitrogens is 1. The van der Waals surface area contributed by atoms with Crippen molar-refractivity contribution in [1.82, 2.24) is 9.69 Å². The molecule has 0 fully saturated rings. The molecule has 1 aromatic heterocycles. The first-order valence-electron chi connectivity index (χ1n) is 11.2. The Morgan fingerprint density at radius 3 is 2.22 bits per heavy atom. The average molecular weight is 514 g/mol. The maximum Gasteiger partial charge on any atom is 0.273 e. The van der Waals surface area contributed by atoms with E-state index in [0.29, 0.717) is 22.8 Å². The Bertz CT molecular complexity index is 1230. The minimum atomic E-state index is -1.20. The number of rotatable bonds is 10. The lowest BCUT2D eigenvalue weighted by Gasteiger charge is -2.31. The molecule has 0 saturated heterocycles. The molecular formula is C25H28FN5O4S. The van der Waals surface area contributed by atoms with Crippen molar-refractivity contribution in [3.63, 3.8) is 0 Å². The van der Waals surface area contributed by atoms with Gasteiger partial charge in [0.15, 0.2) is 5.69 Å². The molecule has 0 aliphatic rings. The number of methoxy groups -OCH3 is 1. The fourth-order valence-corrected chi connectivity index (χ4v) is 4.32. The van der Waals surface area contributed by atoms with Gasteiger partial charge < -0.3 is 21.5 Å². The van der Waals surface area contributed by atoms with Gasteiger partial charge in [-0.3, -0.25) is 19.3 Å². The zero-order chi connectivity index (χ0) is 26.4. The molecule has 1 heterocycles. The van der Waals surface area contributed by atoms with Crippen molar-refractivity contribution < 1.29 is 23.5 Å². The summed E-state index contributed by atoms with van der Waals surface area (Å²) >= 11 is 0.713. The van der Waals surface area contributed by atoms with Crippen molar-refractivity contribution in [2.24, 2.45) is 5.73 Å². The van der Waals surface area contributed by atoms with E-state index >= 15 is 0 Å². The number of nitrogens with one attached hydrogen (secondary N) is 1. The van der Waals surface area contributed by atoms with Crippen LogP contribution in [0.25, 0.3) is 0 Å². The van der Waals surface area contributed by atoms with Gasteiger partial charge in [-0.2, -0.15) is 4.37 Å². The Morgan fingerprint density at radius 1 is 1.08 bits per heavy atom. The van der Waals surface area contributed by atoms with Gasteiger partial charge >= 0.3 is 0 Å². The SMILES string of the molecule is COCCNC(=O)[C@@H](c1ccc(F)cc1)N(C(=O)c1snc(C(N)=O)c1N)c1ccc(C(C)C)cc1. The van der Waals surface area contributed by atoms with Crippen molar-refractivity contribution in [3.05, 3.63) is 76.0 Å². The summed E-state index contributed by atoms with van der Waals surface area (Å²) in [5.41, 5.74) is 12.8. The molecule has 1 atom stereocenters. The lowest BCUT2D eigenvalue weighted by atomic mass is 10.00. The van der Waals surface area contributed by atoms with Crippen LogP contribution in [0, 0.1) is 5.82 Å². The molecule has 3 aromatic rings. The molecule has 0 spiro atoms. The molecule has 36 heavy (non-hydrogen) atoms. The molecule has 0 bridgehead atoms. The maximum absolute atomic E-state index is 13.9. The number of primary amides is 1. The molecule has 2 aromatic carbocycles. The average Bonchev–Trinajstić information content (AvgIpc) is 3.24. The Balaban J connectivity index is 2.18. The number of nitrogens with zero attached hydrogens (tertiary/aromatic N) is 2. The summed E-state index contributed by atoms with van der Waals surface area (Å²) in [6.45, 7) is 4.51. The molecule has 0 saturated carbocycles. The summed E-state index contributed by atoms with van der Waals surface area (Å²) in [6.07, 6.45) is 0. The zero-order valence-corrected chi connectivity index (χ0v) is 21.0. The van der Waals surface area contributed by atoms with Gasteiger partial charge in [-0.25, -0.2) is 4.39 Å². The number of anilines is 2. The van der Waals surface area contributed by atoms with E-state index in [1.807, 2.05) is 26.0 Å². The van der Waals surface area contributed by atoms with Gasteiger partial charge in [0.25, 0.3) is 11.8 Å². The fourth-order valence-electron chi connectivity index (χ4n) is 3.58. The molecule has 0 radical (unpaired) electrons. The minimum Gasteiger partial charge on any atom is -0.395 e. The van der Waals surface area contributed by atoms with Gasteiger partial charge in [0.2, 0.25) is 5.91 Å². The minimum absolute atomic E-state index is 0.0476. The molecule has 5 N–H and O–H groups in total. The third kappa shape index (κ3) is 5.86. The van der Waals surface area contributed by atoms with E-state index in [1.54, 1.807) is 12.1 Å². The number of carbonyl (C=O) groups is 3. The fraction of sp³-hybridized carbons (Fsp3) is 0.280. The smallest absolute Gasteiger partial charge is 0.273 e. The number of hydrogen-bond donors (Lipinski definition) is 3. The number of nitrogen functional groups attached to an aromatic ring is 1. The first kappa shape index (κ1) is 26.8. The molecule has 3 amide bonds. The van der Waals surface area contributed by atoms with Gasteiger partial charge in [-0.05, 0) is 52.8 Å². The third-order valence-electron chi connectivity index (χ3n) is 5.51. The van der Waals surface area contributed by atoms with E-state index in [1.165, 1.54) is 36.3 Å². The van der Waals surface area contributed by atoms with Crippen molar-refractivity contribution in [1.29, 1.82) is 0 Å². The van der Waals surface area contributed by atoms with E-state index < -0.39 is 29.6 Å². The summed E-state index contributed by atoms with van der Waals surface area (Å²) in [4.78, 5) is 40.3. The molecule has 0 aliphatic heterocycles. The van der Waals surface area contributed by atoms with Crippen LogP contribution in [0.5, 0.6) is 0 Å². The zero-order valence-electron chi connectivity index (χ0n) is 20.2. The van der Waals surface area contributed by atoms with Gasteiger partial charge in [-0.15, -0.1) is 0 Å². The summed E-state index contributed by atoms with van der Waals surface area (Å²) in [7, 11) is 1.50. The van der Waals surface area contributed by atoms with E-state index in [4.69, 9.17) is 16.2 Å². The van der Waals surface area contributed by atoms with Crippen molar-refractivity contribution in [2.75, 3.05) is 30.9 Å². The van der Waals surface area contributed by atoms with E-state index in [2.05, 4.69) is 9.69 Å². The topological polar surface area (TPSA) is 141 Å². The predicted molar refractivity (Wildman–Crippen MR) is 136 cm³/mol. The molecular weight excluding hydrogens is 485 g/mol. The highest BCUT2D eigenvalue weighted by molar-refractivity contribution is 7.09. The highest BCUT2D eigenvalue weighted by Crippen LogP contribution is 2.34. The number of halogens is 1.